The lowest BCUT2D eigenvalue weighted by molar-refractivity contribution is -0.114. The van der Waals surface area contributed by atoms with Crippen LogP contribution in [0.3, 0.4) is 0 Å². The number of primary sulfonamides is 1. The van der Waals surface area contributed by atoms with Gasteiger partial charge >= 0.3 is 5.69 Å². The molecule has 0 fully saturated rings. The zero-order valence-corrected chi connectivity index (χ0v) is 15.4. The third-order valence-electron chi connectivity index (χ3n) is 2.96. The van der Waals surface area contributed by atoms with E-state index in [1.165, 1.54) is 24.9 Å². The summed E-state index contributed by atoms with van der Waals surface area (Å²) in [6.45, 7) is 1.28. The highest BCUT2D eigenvalue weighted by molar-refractivity contribution is 7.91. The maximum absolute atomic E-state index is 11.4. The number of nitrogens with zero attached hydrogens (tertiary/aromatic N) is 5. The molecule has 0 spiro atoms. The number of aryl methyl sites for hydroxylation is 1. The molecule has 15 heteroatoms. The van der Waals surface area contributed by atoms with Crippen molar-refractivity contribution < 1.29 is 13.2 Å². The first-order chi connectivity index (χ1) is 12.0. The van der Waals surface area contributed by atoms with Gasteiger partial charge in [0.1, 0.15) is 5.52 Å². The first-order valence-electron chi connectivity index (χ1n) is 6.75. The molecule has 0 unspecified atom stereocenters. The molecule has 140 valence electrons. The Morgan fingerprint density at radius 1 is 1.27 bits per heavy atom. The molecule has 3 rings (SSSR count). The van der Waals surface area contributed by atoms with E-state index in [9.17, 15) is 22.8 Å². The average molecular weight is 402 g/mol. The zero-order chi connectivity index (χ0) is 19.6. The molecule has 0 aliphatic carbocycles. The second-order valence-corrected chi connectivity index (χ2v) is 7.62. The molecule has 0 saturated carbocycles. The highest BCUT2D eigenvalue weighted by Gasteiger charge is 2.15. The summed E-state index contributed by atoms with van der Waals surface area (Å²) in [7, 11) is -0.814. The van der Waals surface area contributed by atoms with Crippen molar-refractivity contribution in [1.82, 2.24) is 29.3 Å². The lowest BCUT2D eigenvalue weighted by Crippen LogP contribution is -2.36. The van der Waals surface area contributed by atoms with Crippen molar-refractivity contribution in [3.63, 3.8) is 0 Å². The SMILES string of the molecule is CC(=O)Nc1nnc(S(N)(=O)=O)s1.Cn1c(=O)c2[nH]cnc2n(C)c1=O. The predicted molar refractivity (Wildman–Crippen MR) is 92.2 cm³/mol. The number of hydrogen-bond donors (Lipinski definition) is 3. The number of amides is 1. The molecule has 4 N–H and O–H groups in total. The van der Waals surface area contributed by atoms with Crippen LogP contribution in [-0.4, -0.2) is 43.6 Å². The van der Waals surface area contributed by atoms with Crippen LogP contribution in [-0.2, 0) is 28.9 Å². The number of aromatic nitrogens is 6. The van der Waals surface area contributed by atoms with Gasteiger partial charge in [-0.05, 0) is 0 Å². The minimum Gasteiger partial charge on any atom is -0.339 e. The van der Waals surface area contributed by atoms with Gasteiger partial charge in [-0.2, -0.15) is 0 Å². The molecule has 3 heterocycles. The Morgan fingerprint density at radius 2 is 1.92 bits per heavy atom. The molecule has 0 atom stereocenters. The van der Waals surface area contributed by atoms with Gasteiger partial charge in [-0.1, -0.05) is 11.3 Å². The smallest absolute Gasteiger partial charge is 0.332 e. The standard InChI is InChI=1S/C7H8N4O2.C4H6N4O3S2/c1-10-5-4(8-3-9-5)6(12)11(2)7(10)13;1-2(9)6-3-7-8-4(12-3)13(5,10)11/h3H,1-2H3,(H,8,9);1H3,(H2,5,10,11)(H,6,7,9). The Kier molecular flexibility index (Phi) is 5.33. The highest BCUT2D eigenvalue weighted by atomic mass is 32.2. The predicted octanol–water partition coefficient (Wildman–Crippen LogP) is -1.90. The van der Waals surface area contributed by atoms with Crippen molar-refractivity contribution in [3.8, 4) is 0 Å². The van der Waals surface area contributed by atoms with Gasteiger partial charge in [0.15, 0.2) is 5.65 Å². The fourth-order valence-electron chi connectivity index (χ4n) is 1.79. The minimum absolute atomic E-state index is 0.108. The van der Waals surface area contributed by atoms with E-state index in [4.69, 9.17) is 5.14 Å². The van der Waals surface area contributed by atoms with E-state index in [0.29, 0.717) is 22.5 Å². The number of hydrogen-bond acceptors (Lipinski definition) is 9. The van der Waals surface area contributed by atoms with E-state index in [0.717, 1.165) is 4.57 Å². The summed E-state index contributed by atoms with van der Waals surface area (Å²) < 4.78 is 23.5. The quantitative estimate of drug-likeness (QED) is 0.414. The number of aromatic amines is 1. The fraction of sp³-hybridized carbons (Fsp3) is 0.273. The number of nitrogens with two attached hydrogens (primary N) is 1. The minimum atomic E-state index is -3.82. The number of carbonyl (C=O) groups is 1. The number of fused-ring (bicyclic) bond motifs is 1. The van der Waals surface area contributed by atoms with Gasteiger partial charge in [0.05, 0.1) is 6.33 Å². The summed E-state index contributed by atoms with van der Waals surface area (Å²) in [4.78, 5) is 39.9. The van der Waals surface area contributed by atoms with Crippen LogP contribution < -0.4 is 21.7 Å². The van der Waals surface area contributed by atoms with Crippen molar-refractivity contribution in [3.05, 3.63) is 27.2 Å². The number of anilines is 1. The van der Waals surface area contributed by atoms with Crippen LogP contribution >= 0.6 is 11.3 Å². The van der Waals surface area contributed by atoms with Crippen molar-refractivity contribution >= 4 is 43.6 Å². The average Bonchev–Trinajstić information content (AvgIpc) is 3.19. The van der Waals surface area contributed by atoms with Crippen molar-refractivity contribution in [2.45, 2.75) is 11.3 Å². The van der Waals surface area contributed by atoms with E-state index in [1.807, 2.05) is 0 Å². The fourth-order valence-corrected chi connectivity index (χ4v) is 3.17. The van der Waals surface area contributed by atoms with Crippen LogP contribution in [0.5, 0.6) is 0 Å². The topological polar surface area (TPSA) is 188 Å². The van der Waals surface area contributed by atoms with Crippen LogP contribution in [0.25, 0.3) is 11.2 Å². The summed E-state index contributed by atoms with van der Waals surface area (Å²) >= 11 is 0.701. The third kappa shape index (κ3) is 4.01. The Balaban J connectivity index is 0.000000187. The molecule has 0 aromatic carbocycles. The number of imidazole rings is 1. The van der Waals surface area contributed by atoms with E-state index in [1.54, 1.807) is 7.05 Å². The number of sulfonamides is 1. The third-order valence-corrected chi connectivity index (χ3v) is 5.11. The van der Waals surface area contributed by atoms with Crippen LogP contribution in [0.1, 0.15) is 6.92 Å². The summed E-state index contributed by atoms with van der Waals surface area (Å²) in [5, 5.41) is 13.8. The van der Waals surface area contributed by atoms with Crippen molar-refractivity contribution in [2.75, 3.05) is 5.32 Å². The Morgan fingerprint density at radius 3 is 2.46 bits per heavy atom. The molecule has 0 aliphatic rings. The summed E-state index contributed by atoms with van der Waals surface area (Å²) in [6.07, 6.45) is 1.39. The zero-order valence-electron chi connectivity index (χ0n) is 13.7. The van der Waals surface area contributed by atoms with Gasteiger partial charge in [0, 0.05) is 21.0 Å². The molecule has 0 saturated heterocycles. The van der Waals surface area contributed by atoms with E-state index < -0.39 is 10.0 Å². The Bertz CT molecular complexity index is 1190. The van der Waals surface area contributed by atoms with Gasteiger partial charge in [0.25, 0.3) is 15.6 Å². The van der Waals surface area contributed by atoms with Gasteiger partial charge in [0.2, 0.25) is 15.4 Å². The molecular formula is C11H14N8O5S2. The maximum Gasteiger partial charge on any atom is 0.332 e. The molecule has 0 radical (unpaired) electrons. The molecule has 3 aromatic heterocycles. The van der Waals surface area contributed by atoms with Gasteiger partial charge in [-0.3, -0.25) is 18.7 Å². The molecule has 0 aliphatic heterocycles. The van der Waals surface area contributed by atoms with Gasteiger partial charge < -0.3 is 10.3 Å². The Labute approximate surface area is 149 Å². The van der Waals surface area contributed by atoms with E-state index in [2.05, 4.69) is 25.5 Å². The van der Waals surface area contributed by atoms with Gasteiger partial charge in [-0.25, -0.2) is 23.3 Å². The molecule has 1 amide bonds. The number of H-pyrrole nitrogens is 1. The van der Waals surface area contributed by atoms with Crippen molar-refractivity contribution in [2.24, 2.45) is 19.2 Å². The molecule has 3 aromatic rings. The molecule has 13 nitrogen and oxygen atoms in total. The molecule has 0 bridgehead atoms. The first kappa shape index (κ1) is 19.4. The summed E-state index contributed by atoms with van der Waals surface area (Å²) in [5.41, 5.74) is 0.0119. The van der Waals surface area contributed by atoms with Crippen LogP contribution in [0.4, 0.5) is 5.13 Å². The highest BCUT2D eigenvalue weighted by Crippen LogP contribution is 2.17. The number of carbonyl (C=O) groups excluding carboxylic acids is 1. The first-order valence-corrected chi connectivity index (χ1v) is 9.11. The second kappa shape index (κ2) is 7.14. The van der Waals surface area contributed by atoms with Crippen LogP contribution in [0.15, 0.2) is 20.3 Å². The maximum atomic E-state index is 11.4. The molecular weight excluding hydrogens is 388 g/mol. The lowest BCUT2D eigenvalue weighted by atomic mass is 10.5. The van der Waals surface area contributed by atoms with Crippen LogP contribution in [0.2, 0.25) is 0 Å². The lowest BCUT2D eigenvalue weighted by Gasteiger charge is -2.00. The summed E-state index contributed by atoms with van der Waals surface area (Å²) in [6, 6.07) is 0. The number of rotatable bonds is 2. The molecule has 26 heavy (non-hydrogen) atoms. The van der Waals surface area contributed by atoms with E-state index in [-0.39, 0.29) is 26.6 Å². The Hall–Kier alpha value is -2.91. The summed E-state index contributed by atoms with van der Waals surface area (Å²) in [5.74, 6) is -0.350. The second-order valence-electron chi connectivity index (χ2n) is 4.91. The van der Waals surface area contributed by atoms with Gasteiger partial charge in [-0.15, -0.1) is 10.2 Å². The van der Waals surface area contributed by atoms with E-state index >= 15 is 0 Å². The number of nitrogens with one attached hydrogen (secondary N) is 2. The normalized spacial score (nSPS) is 11.1. The monoisotopic (exact) mass is 402 g/mol. The van der Waals surface area contributed by atoms with Crippen molar-refractivity contribution in [1.29, 1.82) is 0 Å². The van der Waals surface area contributed by atoms with Crippen LogP contribution in [0, 0.1) is 0 Å². The largest absolute Gasteiger partial charge is 0.339 e.